The molecule has 0 aliphatic rings. The number of carbonyl (C=O) groups is 3. The molecule has 4 rings (SSSR count). The molecule has 0 aliphatic carbocycles. The number of carbonyl (C=O) groups excluding carboxylic acids is 3. The van der Waals surface area contributed by atoms with Crippen LogP contribution >= 0.6 is 11.3 Å². The fraction of sp³-hybridized carbons (Fsp3) is 0.160. The van der Waals surface area contributed by atoms with Crippen molar-refractivity contribution in [2.45, 2.75) is 19.8 Å². The summed E-state index contributed by atoms with van der Waals surface area (Å²) < 4.78 is 16.3. The molecule has 9 nitrogen and oxygen atoms in total. The number of thiazole rings is 1. The molecule has 2 aromatic heterocycles. The maximum atomic E-state index is 15.8. The van der Waals surface area contributed by atoms with E-state index in [0.717, 1.165) is 11.3 Å². The van der Waals surface area contributed by atoms with E-state index in [1.54, 1.807) is 55.6 Å². The van der Waals surface area contributed by atoms with Crippen LogP contribution in [-0.2, 0) is 9.59 Å². The van der Waals surface area contributed by atoms with E-state index in [1.807, 2.05) is 6.07 Å². The number of nitrogens with one attached hydrogen (secondary N) is 3. The summed E-state index contributed by atoms with van der Waals surface area (Å²) in [5.74, 6) is -2.41. The van der Waals surface area contributed by atoms with E-state index in [1.165, 1.54) is 0 Å². The largest absolute Gasteiger partial charge is 1.00 e. The van der Waals surface area contributed by atoms with Crippen LogP contribution in [0.2, 0.25) is 0 Å². The number of aromatic nitrogens is 2. The minimum absolute atomic E-state index is 0. The Morgan fingerprint density at radius 2 is 1.84 bits per heavy atom. The number of aliphatic carboxylic acids is 1. The molecular weight excluding hydrogens is 492 g/mol. The van der Waals surface area contributed by atoms with Crippen LogP contribution in [0.4, 0.5) is 20.0 Å². The molecule has 37 heavy (non-hydrogen) atoms. The van der Waals surface area contributed by atoms with Gasteiger partial charge in [0.15, 0.2) is 10.9 Å². The van der Waals surface area contributed by atoms with E-state index in [9.17, 15) is 19.5 Å². The summed E-state index contributed by atoms with van der Waals surface area (Å²) in [6.45, 7) is 2.21. The number of benzene rings is 2. The molecule has 0 saturated carbocycles. The zero-order chi connectivity index (χ0) is 25.7. The van der Waals surface area contributed by atoms with Gasteiger partial charge in [-0.05, 0) is 49.2 Å². The average molecular weight is 513 g/mol. The topological polar surface area (TPSA) is 136 Å². The molecule has 12 heteroatoms. The first kappa shape index (κ1) is 27.8. The molecule has 0 spiro atoms. The van der Waals surface area contributed by atoms with Crippen molar-refractivity contribution >= 4 is 50.3 Å². The third kappa shape index (κ3) is 6.71. The maximum absolute atomic E-state index is 15.8. The quantitative estimate of drug-likeness (QED) is 0.298. The molecule has 3 N–H and O–H groups in total. The Bertz CT molecular complexity index is 1450. The summed E-state index contributed by atoms with van der Waals surface area (Å²) in [4.78, 5) is 43.4. The molecular formula is C25H21FLiN5O4S. The van der Waals surface area contributed by atoms with Gasteiger partial charge in [0.2, 0.25) is 5.91 Å². The van der Waals surface area contributed by atoms with E-state index >= 15 is 4.39 Å². The first-order valence-corrected chi connectivity index (χ1v) is 11.9. The third-order valence-corrected chi connectivity index (χ3v) is 6.12. The number of fused-ring (bicyclic) bond motifs is 1. The SMILES string of the molecule is CCNC(=O)Nc1nc2c(F)c(-c3cccc(NC(=O)CCC(=O)[O-])c3)cc(-c3ccccn3)c2s1.[Li+]. The molecule has 0 atom stereocenters. The van der Waals surface area contributed by atoms with Gasteiger partial charge in [-0.25, -0.2) is 14.2 Å². The van der Waals surface area contributed by atoms with Crippen molar-refractivity contribution in [1.82, 2.24) is 15.3 Å². The van der Waals surface area contributed by atoms with Gasteiger partial charge in [0, 0.05) is 41.9 Å². The van der Waals surface area contributed by atoms with Gasteiger partial charge < -0.3 is 20.5 Å². The van der Waals surface area contributed by atoms with Gasteiger partial charge in [-0.15, -0.1) is 0 Å². The van der Waals surface area contributed by atoms with Crippen molar-refractivity contribution in [1.29, 1.82) is 0 Å². The molecule has 0 aliphatic heterocycles. The predicted molar refractivity (Wildman–Crippen MR) is 134 cm³/mol. The minimum atomic E-state index is -1.32. The van der Waals surface area contributed by atoms with Gasteiger partial charge >= 0.3 is 24.9 Å². The molecule has 2 aromatic carbocycles. The Kier molecular flexibility index (Phi) is 9.35. The average Bonchev–Trinajstić information content (AvgIpc) is 3.28. The van der Waals surface area contributed by atoms with Gasteiger partial charge in [0.1, 0.15) is 5.52 Å². The number of pyridine rings is 1. The van der Waals surface area contributed by atoms with E-state index in [0.29, 0.717) is 33.8 Å². The standard InChI is InChI=1S/C25H22FN5O4S.Li/c1-2-27-24(35)31-25-30-22-21(26)16(13-17(23(22)36-25)18-8-3-4-11-28-18)14-6-5-7-15(12-14)29-19(32)9-10-20(33)34;/h3-8,11-13H,2,9-10H2,1H3,(H,29,32)(H,33,34)(H2,27,30,31,35);/q;+1/p-1. The second-order valence-electron chi connectivity index (χ2n) is 7.68. The molecule has 0 radical (unpaired) electrons. The number of nitrogens with zero attached hydrogens (tertiary/aromatic N) is 2. The predicted octanol–water partition coefficient (Wildman–Crippen LogP) is 0.778. The maximum Gasteiger partial charge on any atom is 1.00 e. The molecule has 0 bridgehead atoms. The second kappa shape index (κ2) is 12.5. The van der Waals surface area contributed by atoms with Crippen LogP contribution in [0.15, 0.2) is 54.7 Å². The number of hydrogen-bond acceptors (Lipinski definition) is 7. The monoisotopic (exact) mass is 513 g/mol. The van der Waals surface area contributed by atoms with Crippen LogP contribution in [0.3, 0.4) is 0 Å². The smallest absolute Gasteiger partial charge is 0.550 e. The van der Waals surface area contributed by atoms with Gasteiger partial charge in [-0.3, -0.25) is 15.1 Å². The van der Waals surface area contributed by atoms with Crippen molar-refractivity contribution < 1.29 is 42.7 Å². The molecule has 3 amide bonds. The number of hydrogen-bond donors (Lipinski definition) is 3. The van der Waals surface area contributed by atoms with Crippen molar-refractivity contribution in [3.8, 4) is 22.4 Å². The first-order valence-electron chi connectivity index (χ1n) is 11.0. The Morgan fingerprint density at radius 3 is 2.54 bits per heavy atom. The summed E-state index contributed by atoms with van der Waals surface area (Å²) >= 11 is 1.14. The molecule has 0 unspecified atom stereocenters. The first-order chi connectivity index (χ1) is 17.4. The zero-order valence-electron chi connectivity index (χ0n) is 20.1. The fourth-order valence-corrected chi connectivity index (χ4v) is 4.51. The molecule has 2 heterocycles. The Morgan fingerprint density at radius 1 is 1.03 bits per heavy atom. The van der Waals surface area contributed by atoms with Gasteiger partial charge in [-0.1, -0.05) is 29.5 Å². The number of urea groups is 1. The summed E-state index contributed by atoms with van der Waals surface area (Å²) in [5, 5.41) is 18.7. The van der Waals surface area contributed by atoms with E-state index in [4.69, 9.17) is 0 Å². The van der Waals surface area contributed by atoms with Crippen LogP contribution in [-0.4, -0.2) is 34.4 Å². The molecule has 0 fully saturated rings. The van der Waals surface area contributed by atoms with Crippen molar-refractivity contribution in [2.24, 2.45) is 0 Å². The van der Waals surface area contributed by atoms with Gasteiger partial charge in [0.25, 0.3) is 0 Å². The van der Waals surface area contributed by atoms with Crippen LogP contribution in [0.5, 0.6) is 0 Å². The number of carboxylic acids is 1. The molecule has 0 saturated heterocycles. The van der Waals surface area contributed by atoms with Crippen LogP contribution in [0.1, 0.15) is 19.8 Å². The minimum Gasteiger partial charge on any atom is -0.550 e. The molecule has 184 valence electrons. The van der Waals surface area contributed by atoms with Crippen LogP contribution in [0, 0.1) is 5.82 Å². The van der Waals surface area contributed by atoms with Crippen LogP contribution in [0.25, 0.3) is 32.6 Å². The second-order valence-corrected chi connectivity index (χ2v) is 8.68. The van der Waals surface area contributed by atoms with E-state index in [2.05, 4.69) is 25.9 Å². The summed E-state index contributed by atoms with van der Waals surface area (Å²) in [6.07, 6.45) is 0.986. The summed E-state index contributed by atoms with van der Waals surface area (Å²) in [7, 11) is 0. The van der Waals surface area contributed by atoms with Crippen molar-refractivity contribution in [3.05, 3.63) is 60.5 Å². The number of amides is 3. The number of carboxylic acid groups (broad SMARTS) is 1. The Hall–Kier alpha value is -3.78. The van der Waals surface area contributed by atoms with Gasteiger partial charge in [-0.2, -0.15) is 0 Å². The zero-order valence-corrected chi connectivity index (χ0v) is 20.9. The number of anilines is 2. The summed E-state index contributed by atoms with van der Waals surface area (Å²) in [5.41, 5.74) is 2.38. The fourth-order valence-electron chi connectivity index (χ4n) is 3.53. The third-order valence-electron chi connectivity index (χ3n) is 5.12. The molecule has 4 aromatic rings. The van der Waals surface area contributed by atoms with Crippen LogP contribution < -0.4 is 39.9 Å². The van der Waals surface area contributed by atoms with Crippen molar-refractivity contribution in [2.75, 3.05) is 17.2 Å². The number of rotatable bonds is 8. The van der Waals surface area contributed by atoms with E-state index < -0.39 is 30.1 Å². The van der Waals surface area contributed by atoms with Crippen molar-refractivity contribution in [3.63, 3.8) is 0 Å². The Balaban J connectivity index is 0.00000380. The van der Waals surface area contributed by atoms with E-state index in [-0.39, 0.29) is 41.5 Å². The summed E-state index contributed by atoms with van der Waals surface area (Å²) in [6, 6.07) is 13.1. The Labute approximate surface area is 227 Å². The number of halogens is 1. The van der Waals surface area contributed by atoms with Gasteiger partial charge in [0.05, 0.1) is 10.4 Å². The normalized spacial score (nSPS) is 10.4.